The Morgan fingerprint density at radius 2 is 2.21 bits per heavy atom. The van der Waals surface area contributed by atoms with Crippen LogP contribution >= 0.6 is 11.3 Å². The molecule has 2 aliphatic heterocycles. The van der Waals surface area contributed by atoms with Crippen molar-refractivity contribution < 1.29 is 14.3 Å². The maximum absolute atomic E-state index is 12.6. The minimum Gasteiger partial charge on any atom is -0.381 e. The molecule has 19 heavy (non-hydrogen) atoms. The van der Waals surface area contributed by atoms with E-state index < -0.39 is 0 Å². The summed E-state index contributed by atoms with van der Waals surface area (Å²) in [5.74, 6) is 0.347. The van der Waals surface area contributed by atoms with Crippen LogP contribution in [0.25, 0.3) is 0 Å². The summed E-state index contributed by atoms with van der Waals surface area (Å²) < 4.78 is 11.4. The topological polar surface area (TPSA) is 48.4 Å². The van der Waals surface area contributed by atoms with Gasteiger partial charge in [0.1, 0.15) is 0 Å². The summed E-state index contributed by atoms with van der Waals surface area (Å²) in [5.41, 5.74) is 2.50. The number of carbonyl (C=O) groups is 1. The summed E-state index contributed by atoms with van der Waals surface area (Å²) in [7, 11) is 0. The Balaban J connectivity index is 1.74. The SMILES string of the molecule is Cc1ncsc1C(=O)C1CCOC2(CCOCC2)C1. The normalized spacial score (nSPS) is 26.5. The first-order chi connectivity index (χ1) is 9.20. The van der Waals surface area contributed by atoms with Crippen LogP contribution in [0.5, 0.6) is 0 Å². The van der Waals surface area contributed by atoms with Crippen LogP contribution in [0.4, 0.5) is 0 Å². The summed E-state index contributed by atoms with van der Waals surface area (Å²) >= 11 is 1.46. The molecule has 0 aliphatic carbocycles. The first-order valence-corrected chi connectivity index (χ1v) is 7.74. The van der Waals surface area contributed by atoms with Crippen molar-refractivity contribution in [2.45, 2.75) is 38.2 Å². The Bertz CT molecular complexity index is 460. The fourth-order valence-corrected chi connectivity index (χ4v) is 3.89. The Labute approximate surface area is 117 Å². The van der Waals surface area contributed by atoms with Crippen LogP contribution in [-0.4, -0.2) is 36.2 Å². The van der Waals surface area contributed by atoms with Crippen molar-refractivity contribution in [2.24, 2.45) is 5.92 Å². The van der Waals surface area contributed by atoms with Gasteiger partial charge in [-0.1, -0.05) is 0 Å². The highest BCUT2D eigenvalue weighted by Crippen LogP contribution is 2.38. The zero-order valence-corrected chi connectivity index (χ0v) is 12.0. The van der Waals surface area contributed by atoms with Crippen LogP contribution in [0.2, 0.25) is 0 Å². The molecule has 1 aromatic rings. The number of aryl methyl sites for hydroxylation is 1. The Morgan fingerprint density at radius 3 is 2.89 bits per heavy atom. The van der Waals surface area contributed by atoms with Crippen molar-refractivity contribution in [3.63, 3.8) is 0 Å². The van der Waals surface area contributed by atoms with Gasteiger partial charge in [0.25, 0.3) is 0 Å². The van der Waals surface area contributed by atoms with Crippen molar-refractivity contribution in [1.29, 1.82) is 0 Å². The van der Waals surface area contributed by atoms with Gasteiger partial charge < -0.3 is 9.47 Å². The van der Waals surface area contributed by atoms with Gasteiger partial charge in [0.05, 0.1) is 21.7 Å². The highest BCUT2D eigenvalue weighted by Gasteiger charge is 2.41. The lowest BCUT2D eigenvalue weighted by Gasteiger charge is -2.42. The van der Waals surface area contributed by atoms with Gasteiger partial charge in [-0.3, -0.25) is 4.79 Å². The average Bonchev–Trinajstić information content (AvgIpc) is 2.85. The van der Waals surface area contributed by atoms with Crippen LogP contribution in [0.3, 0.4) is 0 Å². The zero-order valence-electron chi connectivity index (χ0n) is 11.2. The highest BCUT2D eigenvalue weighted by molar-refractivity contribution is 7.12. The van der Waals surface area contributed by atoms with Crippen LogP contribution in [0.1, 0.15) is 41.0 Å². The Morgan fingerprint density at radius 1 is 1.42 bits per heavy atom. The van der Waals surface area contributed by atoms with E-state index in [9.17, 15) is 4.79 Å². The molecule has 2 saturated heterocycles. The number of Topliss-reactive ketones (excluding diaryl/α,β-unsaturated/α-hetero) is 1. The zero-order chi connectivity index (χ0) is 13.3. The second-order valence-corrected chi connectivity index (χ2v) is 6.32. The summed E-state index contributed by atoms with van der Waals surface area (Å²) in [6.45, 7) is 4.10. The van der Waals surface area contributed by atoms with Crippen molar-refractivity contribution >= 4 is 17.1 Å². The third kappa shape index (κ3) is 2.59. The second kappa shape index (κ2) is 5.31. The van der Waals surface area contributed by atoms with Gasteiger partial charge >= 0.3 is 0 Å². The Kier molecular flexibility index (Phi) is 3.69. The molecule has 1 aromatic heterocycles. The van der Waals surface area contributed by atoms with E-state index in [2.05, 4.69) is 4.98 Å². The molecule has 0 saturated carbocycles. The molecule has 1 spiro atoms. The molecule has 0 bridgehead atoms. The van der Waals surface area contributed by atoms with E-state index in [4.69, 9.17) is 9.47 Å². The fourth-order valence-electron chi connectivity index (χ4n) is 3.07. The minimum atomic E-state index is -0.116. The van der Waals surface area contributed by atoms with E-state index in [1.54, 1.807) is 5.51 Å². The van der Waals surface area contributed by atoms with Gasteiger partial charge in [-0.2, -0.15) is 0 Å². The van der Waals surface area contributed by atoms with Crippen LogP contribution in [-0.2, 0) is 9.47 Å². The molecule has 1 unspecified atom stereocenters. The monoisotopic (exact) mass is 281 g/mol. The summed E-state index contributed by atoms with van der Waals surface area (Å²) in [6.07, 6.45) is 3.50. The number of ketones is 1. The van der Waals surface area contributed by atoms with Crippen molar-refractivity contribution in [2.75, 3.05) is 19.8 Å². The molecular formula is C14H19NO3S. The molecule has 1 atom stereocenters. The fraction of sp³-hybridized carbons (Fsp3) is 0.714. The largest absolute Gasteiger partial charge is 0.381 e. The number of carbonyl (C=O) groups excluding carboxylic acids is 1. The van der Waals surface area contributed by atoms with Crippen molar-refractivity contribution in [1.82, 2.24) is 4.98 Å². The van der Waals surface area contributed by atoms with Crippen molar-refractivity contribution in [3.05, 3.63) is 16.1 Å². The first kappa shape index (κ1) is 13.2. The van der Waals surface area contributed by atoms with Gasteiger partial charge in [0.2, 0.25) is 0 Å². The molecular weight excluding hydrogens is 262 g/mol. The summed E-state index contributed by atoms with van der Waals surface area (Å²) in [4.78, 5) is 17.6. The summed E-state index contributed by atoms with van der Waals surface area (Å²) in [5, 5.41) is 0. The van der Waals surface area contributed by atoms with Crippen LogP contribution in [0.15, 0.2) is 5.51 Å². The molecule has 3 heterocycles. The van der Waals surface area contributed by atoms with Gasteiger partial charge in [0, 0.05) is 25.7 Å². The lowest BCUT2D eigenvalue weighted by atomic mass is 9.79. The van der Waals surface area contributed by atoms with Crippen molar-refractivity contribution in [3.8, 4) is 0 Å². The van der Waals surface area contributed by atoms with Gasteiger partial charge in [-0.15, -0.1) is 11.3 Å². The lowest BCUT2D eigenvalue weighted by molar-refractivity contribution is -0.142. The maximum Gasteiger partial charge on any atom is 0.177 e. The predicted molar refractivity (Wildman–Crippen MR) is 72.6 cm³/mol. The van der Waals surface area contributed by atoms with E-state index in [0.29, 0.717) is 6.61 Å². The number of rotatable bonds is 2. The Hall–Kier alpha value is -0.780. The standard InChI is InChI=1S/C14H19NO3S/c1-10-13(19-9-15-10)12(16)11-2-5-18-14(8-11)3-6-17-7-4-14/h9,11H,2-8H2,1H3. The van der Waals surface area contributed by atoms with E-state index in [1.165, 1.54) is 11.3 Å². The minimum absolute atomic E-state index is 0.0889. The lowest BCUT2D eigenvalue weighted by Crippen LogP contribution is -2.45. The molecule has 0 aromatic carbocycles. The molecule has 0 radical (unpaired) electrons. The number of hydrogen-bond acceptors (Lipinski definition) is 5. The van der Waals surface area contributed by atoms with Crippen LogP contribution in [0, 0.1) is 12.8 Å². The number of ether oxygens (including phenoxy) is 2. The van der Waals surface area contributed by atoms with E-state index in [1.807, 2.05) is 6.92 Å². The van der Waals surface area contributed by atoms with Gasteiger partial charge in [-0.25, -0.2) is 4.98 Å². The predicted octanol–water partition coefficient (Wildman–Crippen LogP) is 2.61. The molecule has 104 valence electrons. The molecule has 5 heteroatoms. The highest BCUT2D eigenvalue weighted by atomic mass is 32.1. The number of aromatic nitrogens is 1. The smallest absolute Gasteiger partial charge is 0.177 e. The third-order valence-electron chi connectivity index (χ3n) is 4.24. The third-order valence-corrected chi connectivity index (χ3v) is 5.18. The van der Waals surface area contributed by atoms with Crippen LogP contribution < -0.4 is 0 Å². The molecule has 3 rings (SSSR count). The molecule has 4 nitrogen and oxygen atoms in total. The molecule has 2 aliphatic rings. The number of thiazole rings is 1. The van der Waals surface area contributed by atoms with E-state index in [-0.39, 0.29) is 17.3 Å². The maximum atomic E-state index is 12.6. The van der Waals surface area contributed by atoms with Gasteiger partial charge in [0.15, 0.2) is 5.78 Å². The van der Waals surface area contributed by atoms with E-state index >= 15 is 0 Å². The number of nitrogens with zero attached hydrogens (tertiary/aromatic N) is 1. The second-order valence-electron chi connectivity index (χ2n) is 5.46. The first-order valence-electron chi connectivity index (χ1n) is 6.86. The number of hydrogen-bond donors (Lipinski definition) is 0. The molecule has 0 N–H and O–H groups in total. The molecule has 2 fully saturated rings. The quantitative estimate of drug-likeness (QED) is 0.782. The van der Waals surface area contributed by atoms with E-state index in [0.717, 1.165) is 49.5 Å². The van der Waals surface area contributed by atoms with Gasteiger partial charge in [-0.05, 0) is 32.6 Å². The average molecular weight is 281 g/mol. The molecule has 0 amide bonds. The summed E-state index contributed by atoms with van der Waals surface area (Å²) in [6, 6.07) is 0.